The smallest absolute Gasteiger partial charge is 0.191 e. The lowest BCUT2D eigenvalue weighted by Gasteiger charge is -2.11. The van der Waals surface area contributed by atoms with Crippen molar-refractivity contribution in [2.75, 3.05) is 13.6 Å². The van der Waals surface area contributed by atoms with Gasteiger partial charge >= 0.3 is 0 Å². The van der Waals surface area contributed by atoms with E-state index in [9.17, 15) is 0 Å². The Bertz CT molecular complexity index is 601. The van der Waals surface area contributed by atoms with Crippen molar-refractivity contribution < 1.29 is 0 Å². The zero-order valence-corrected chi connectivity index (χ0v) is 14.3. The number of aromatic nitrogens is 1. The molecule has 0 bridgehead atoms. The normalized spacial score (nSPS) is 11.5. The van der Waals surface area contributed by atoms with Crippen LogP contribution < -0.4 is 10.6 Å². The minimum Gasteiger partial charge on any atom is -0.356 e. The minimum atomic E-state index is 0.712. The Labute approximate surface area is 136 Å². The van der Waals surface area contributed by atoms with Crippen molar-refractivity contribution >= 4 is 17.3 Å². The maximum atomic E-state index is 4.34. The molecule has 0 aliphatic heterocycles. The van der Waals surface area contributed by atoms with E-state index in [1.54, 1.807) is 18.4 Å². The van der Waals surface area contributed by atoms with Gasteiger partial charge in [0.25, 0.3) is 0 Å². The van der Waals surface area contributed by atoms with Crippen LogP contribution in [0.4, 0.5) is 0 Å². The Kier molecular flexibility index (Phi) is 6.40. The van der Waals surface area contributed by atoms with Crippen LogP contribution in [-0.2, 0) is 19.4 Å². The number of thiazole rings is 1. The summed E-state index contributed by atoms with van der Waals surface area (Å²) in [5, 5.41) is 7.71. The lowest BCUT2D eigenvalue weighted by Crippen LogP contribution is -2.37. The lowest BCUT2D eigenvalue weighted by molar-refractivity contribution is 0.791. The molecule has 0 aliphatic carbocycles. The SMILES string of the molecule is CCc1ccc(CCNC(=NC)NCc2ncc(C)s2)cc1. The first-order valence-electron chi connectivity index (χ1n) is 7.65. The second-order valence-electron chi connectivity index (χ2n) is 5.14. The summed E-state index contributed by atoms with van der Waals surface area (Å²) in [4.78, 5) is 9.81. The molecule has 0 aliphatic rings. The van der Waals surface area contributed by atoms with E-state index < -0.39 is 0 Å². The van der Waals surface area contributed by atoms with Crippen molar-refractivity contribution in [1.82, 2.24) is 15.6 Å². The summed E-state index contributed by atoms with van der Waals surface area (Å²) in [5.41, 5.74) is 2.73. The third kappa shape index (κ3) is 5.15. The first-order chi connectivity index (χ1) is 10.7. The molecule has 0 saturated carbocycles. The summed E-state index contributed by atoms with van der Waals surface area (Å²) in [6.45, 7) is 5.82. The van der Waals surface area contributed by atoms with Gasteiger partial charge < -0.3 is 10.6 Å². The Balaban J connectivity index is 1.73. The molecule has 1 heterocycles. The van der Waals surface area contributed by atoms with E-state index in [0.29, 0.717) is 6.54 Å². The summed E-state index contributed by atoms with van der Waals surface area (Å²) in [6, 6.07) is 8.81. The third-order valence-electron chi connectivity index (χ3n) is 3.44. The van der Waals surface area contributed by atoms with Crippen LogP contribution in [0.2, 0.25) is 0 Å². The van der Waals surface area contributed by atoms with Gasteiger partial charge in [-0.3, -0.25) is 4.99 Å². The number of nitrogens with one attached hydrogen (secondary N) is 2. The van der Waals surface area contributed by atoms with Crippen molar-refractivity contribution in [2.24, 2.45) is 4.99 Å². The zero-order valence-electron chi connectivity index (χ0n) is 13.5. The maximum absolute atomic E-state index is 4.34. The maximum Gasteiger partial charge on any atom is 0.191 e. The number of guanidine groups is 1. The van der Waals surface area contributed by atoms with Gasteiger partial charge in [0.15, 0.2) is 5.96 Å². The molecule has 118 valence electrons. The minimum absolute atomic E-state index is 0.712. The predicted octanol–water partition coefficient (Wildman–Crippen LogP) is 2.92. The number of aryl methyl sites for hydroxylation is 2. The van der Waals surface area contributed by atoms with Crippen LogP contribution in [0.5, 0.6) is 0 Å². The predicted molar refractivity (Wildman–Crippen MR) is 94.6 cm³/mol. The molecule has 0 amide bonds. The van der Waals surface area contributed by atoms with E-state index in [2.05, 4.69) is 58.7 Å². The first kappa shape index (κ1) is 16.5. The highest BCUT2D eigenvalue weighted by atomic mass is 32.1. The summed E-state index contributed by atoms with van der Waals surface area (Å²) in [5.74, 6) is 0.818. The molecular weight excluding hydrogens is 292 g/mol. The topological polar surface area (TPSA) is 49.3 Å². The van der Waals surface area contributed by atoms with Crippen molar-refractivity contribution in [2.45, 2.75) is 33.2 Å². The first-order valence-corrected chi connectivity index (χ1v) is 8.46. The van der Waals surface area contributed by atoms with Gasteiger partial charge in [-0.05, 0) is 30.9 Å². The van der Waals surface area contributed by atoms with Crippen LogP contribution >= 0.6 is 11.3 Å². The summed E-state index contributed by atoms with van der Waals surface area (Å²) in [7, 11) is 1.79. The Morgan fingerprint density at radius 2 is 1.91 bits per heavy atom. The van der Waals surface area contributed by atoms with E-state index in [-0.39, 0.29) is 0 Å². The molecule has 0 saturated heterocycles. The van der Waals surface area contributed by atoms with Gasteiger partial charge in [0.2, 0.25) is 0 Å². The molecule has 0 spiro atoms. The quantitative estimate of drug-likeness (QED) is 0.636. The molecule has 0 atom stereocenters. The molecule has 4 nitrogen and oxygen atoms in total. The standard InChI is InChI=1S/C17H24N4S/c1-4-14-5-7-15(8-6-14)9-10-19-17(18-3)21-12-16-20-11-13(2)22-16/h5-8,11H,4,9-10,12H2,1-3H3,(H2,18,19,21). The van der Waals surface area contributed by atoms with Crippen LogP contribution in [0.3, 0.4) is 0 Å². The lowest BCUT2D eigenvalue weighted by atomic mass is 10.1. The molecule has 2 rings (SSSR count). The molecular formula is C17H24N4S. The third-order valence-corrected chi connectivity index (χ3v) is 4.35. The van der Waals surface area contributed by atoms with Crippen LogP contribution in [0.15, 0.2) is 35.5 Å². The van der Waals surface area contributed by atoms with Gasteiger partial charge in [0.05, 0.1) is 6.54 Å². The fraction of sp³-hybridized carbons (Fsp3) is 0.412. The zero-order chi connectivity index (χ0) is 15.8. The van der Waals surface area contributed by atoms with Crippen LogP contribution in [0.25, 0.3) is 0 Å². The van der Waals surface area contributed by atoms with Crippen LogP contribution in [0.1, 0.15) is 27.9 Å². The van der Waals surface area contributed by atoms with Crippen molar-refractivity contribution in [3.05, 3.63) is 51.5 Å². The van der Waals surface area contributed by atoms with Crippen molar-refractivity contribution in [3.63, 3.8) is 0 Å². The second-order valence-corrected chi connectivity index (χ2v) is 6.46. The number of benzene rings is 1. The van der Waals surface area contributed by atoms with E-state index in [1.807, 2.05) is 6.20 Å². The number of hydrogen-bond acceptors (Lipinski definition) is 3. The van der Waals surface area contributed by atoms with Gasteiger partial charge in [-0.15, -0.1) is 11.3 Å². The van der Waals surface area contributed by atoms with Gasteiger partial charge in [0.1, 0.15) is 5.01 Å². The van der Waals surface area contributed by atoms with Crippen LogP contribution in [-0.4, -0.2) is 24.5 Å². The fourth-order valence-corrected chi connectivity index (χ4v) is 2.86. The summed E-state index contributed by atoms with van der Waals surface area (Å²) >= 11 is 1.71. The molecule has 2 aromatic rings. The van der Waals surface area contributed by atoms with Gasteiger partial charge in [-0.1, -0.05) is 31.2 Å². The second kappa shape index (κ2) is 8.54. The van der Waals surface area contributed by atoms with Crippen molar-refractivity contribution in [1.29, 1.82) is 0 Å². The highest BCUT2D eigenvalue weighted by Gasteiger charge is 2.01. The number of aliphatic imine (C=N–C) groups is 1. The molecule has 22 heavy (non-hydrogen) atoms. The van der Waals surface area contributed by atoms with E-state index in [4.69, 9.17) is 0 Å². The number of hydrogen-bond donors (Lipinski definition) is 2. The average Bonchev–Trinajstić information content (AvgIpc) is 2.96. The Morgan fingerprint density at radius 3 is 2.50 bits per heavy atom. The monoisotopic (exact) mass is 316 g/mol. The van der Waals surface area contributed by atoms with E-state index >= 15 is 0 Å². The molecule has 0 radical (unpaired) electrons. The Morgan fingerprint density at radius 1 is 1.18 bits per heavy atom. The van der Waals surface area contributed by atoms with E-state index in [1.165, 1.54) is 16.0 Å². The number of nitrogens with zero attached hydrogens (tertiary/aromatic N) is 2. The summed E-state index contributed by atoms with van der Waals surface area (Å²) in [6.07, 6.45) is 3.98. The Hall–Kier alpha value is -1.88. The molecule has 5 heteroatoms. The molecule has 1 aromatic heterocycles. The number of rotatable bonds is 6. The molecule has 0 unspecified atom stereocenters. The largest absolute Gasteiger partial charge is 0.356 e. The fourth-order valence-electron chi connectivity index (χ4n) is 2.13. The van der Waals surface area contributed by atoms with Gasteiger partial charge in [-0.25, -0.2) is 4.98 Å². The average molecular weight is 316 g/mol. The van der Waals surface area contributed by atoms with Gasteiger partial charge in [-0.2, -0.15) is 0 Å². The van der Waals surface area contributed by atoms with Crippen molar-refractivity contribution in [3.8, 4) is 0 Å². The highest BCUT2D eigenvalue weighted by Crippen LogP contribution is 2.10. The van der Waals surface area contributed by atoms with Gasteiger partial charge in [0, 0.05) is 24.7 Å². The van der Waals surface area contributed by atoms with Crippen LogP contribution in [0, 0.1) is 6.92 Å². The highest BCUT2D eigenvalue weighted by molar-refractivity contribution is 7.11. The van der Waals surface area contributed by atoms with E-state index in [0.717, 1.165) is 30.4 Å². The summed E-state index contributed by atoms with van der Waals surface area (Å²) < 4.78 is 0. The molecule has 2 N–H and O–H groups in total. The molecule has 0 fully saturated rings. The molecule has 1 aromatic carbocycles.